The molecule has 0 unspecified atom stereocenters. The van der Waals surface area contributed by atoms with Crippen LogP contribution >= 0.6 is 0 Å². The molecule has 0 saturated carbocycles. The van der Waals surface area contributed by atoms with E-state index in [4.69, 9.17) is 5.10 Å². The zero-order valence-corrected chi connectivity index (χ0v) is 14.9. The summed E-state index contributed by atoms with van der Waals surface area (Å²) in [6.07, 6.45) is 4.85. The molecule has 6 nitrogen and oxygen atoms in total. The molecule has 2 aromatic heterocycles. The van der Waals surface area contributed by atoms with Crippen LogP contribution < -0.4 is 4.90 Å². The van der Waals surface area contributed by atoms with Gasteiger partial charge in [0, 0.05) is 25.6 Å². The smallest absolute Gasteiger partial charge is 0.178 e. The summed E-state index contributed by atoms with van der Waals surface area (Å²) in [7, 11) is 0. The molecule has 0 bridgehead atoms. The number of likely N-dealkylation sites (tertiary alicyclic amines) is 1. The van der Waals surface area contributed by atoms with Crippen molar-refractivity contribution in [2.75, 3.05) is 37.6 Å². The summed E-state index contributed by atoms with van der Waals surface area (Å²) in [6, 6.07) is 4.15. The second-order valence-electron chi connectivity index (χ2n) is 7.68. The Labute approximate surface area is 143 Å². The third kappa shape index (κ3) is 3.11. The molecule has 0 aromatic carbocycles. The summed E-state index contributed by atoms with van der Waals surface area (Å²) < 4.78 is 2.00. The first kappa shape index (κ1) is 15.8. The molecule has 4 rings (SSSR count). The second-order valence-corrected chi connectivity index (χ2v) is 7.68. The Balaban J connectivity index is 1.53. The van der Waals surface area contributed by atoms with Crippen molar-refractivity contribution in [2.45, 2.75) is 45.4 Å². The molecule has 2 aliphatic rings. The highest BCUT2D eigenvalue weighted by Gasteiger charge is 2.25. The fraction of sp³-hybridized carbons (Fsp3) is 0.722. The molecule has 4 heterocycles. The molecule has 2 aliphatic heterocycles. The maximum atomic E-state index is 4.86. The summed E-state index contributed by atoms with van der Waals surface area (Å²) in [4.78, 5) is 4.95. The van der Waals surface area contributed by atoms with E-state index >= 15 is 0 Å². The molecule has 0 radical (unpaired) electrons. The average molecular weight is 328 g/mol. The lowest BCUT2D eigenvalue weighted by molar-refractivity contribution is 0.189. The fourth-order valence-corrected chi connectivity index (χ4v) is 4.06. The van der Waals surface area contributed by atoms with E-state index in [1.165, 1.54) is 19.4 Å². The Morgan fingerprint density at radius 2 is 1.79 bits per heavy atom. The van der Waals surface area contributed by atoms with Gasteiger partial charge < -0.3 is 9.80 Å². The number of rotatable bonds is 4. The molecule has 2 saturated heterocycles. The van der Waals surface area contributed by atoms with Crippen LogP contribution in [0.25, 0.3) is 5.65 Å². The predicted octanol–water partition coefficient (Wildman–Crippen LogP) is 2.56. The molecule has 0 amide bonds. The van der Waals surface area contributed by atoms with Crippen molar-refractivity contribution in [3.8, 4) is 0 Å². The third-order valence-electron chi connectivity index (χ3n) is 5.28. The Morgan fingerprint density at radius 3 is 2.50 bits per heavy atom. The van der Waals surface area contributed by atoms with Gasteiger partial charge in [-0.05, 0) is 56.8 Å². The van der Waals surface area contributed by atoms with E-state index in [1.54, 1.807) is 0 Å². The fourth-order valence-electron chi connectivity index (χ4n) is 4.06. The summed E-state index contributed by atoms with van der Waals surface area (Å²) >= 11 is 0. The van der Waals surface area contributed by atoms with E-state index in [-0.39, 0.29) is 0 Å². The van der Waals surface area contributed by atoms with Gasteiger partial charge in [0.05, 0.1) is 0 Å². The van der Waals surface area contributed by atoms with Gasteiger partial charge in [0.25, 0.3) is 0 Å². The lowest BCUT2D eigenvalue weighted by atomic mass is 9.95. The van der Waals surface area contributed by atoms with Gasteiger partial charge in [-0.2, -0.15) is 4.52 Å². The zero-order valence-electron chi connectivity index (χ0n) is 14.9. The van der Waals surface area contributed by atoms with Crippen molar-refractivity contribution in [2.24, 2.45) is 5.92 Å². The van der Waals surface area contributed by atoms with E-state index in [0.717, 1.165) is 62.2 Å². The first-order valence-electron chi connectivity index (χ1n) is 9.40. The van der Waals surface area contributed by atoms with E-state index in [9.17, 15) is 0 Å². The molecule has 2 aromatic rings. The standard InChI is InChI=1S/C18H28N6/c1-14(2)13-22-11-7-15(8-12-22)18-20-19-16-5-6-17(21-24(16)18)23-9-3-4-10-23/h5-6,14-15H,3-4,7-13H2,1-2H3. The molecule has 0 aliphatic carbocycles. The van der Waals surface area contributed by atoms with Crippen molar-refractivity contribution >= 4 is 11.5 Å². The van der Waals surface area contributed by atoms with Crippen LogP contribution in [0, 0.1) is 5.92 Å². The van der Waals surface area contributed by atoms with Gasteiger partial charge in [-0.15, -0.1) is 15.3 Å². The molecular formula is C18H28N6. The van der Waals surface area contributed by atoms with Gasteiger partial charge in [0.15, 0.2) is 11.5 Å². The van der Waals surface area contributed by atoms with Crippen LogP contribution in [0.5, 0.6) is 0 Å². The van der Waals surface area contributed by atoms with Crippen LogP contribution in [0.1, 0.15) is 51.3 Å². The quantitative estimate of drug-likeness (QED) is 0.863. The second kappa shape index (κ2) is 6.67. The van der Waals surface area contributed by atoms with E-state index < -0.39 is 0 Å². The lowest BCUT2D eigenvalue weighted by Gasteiger charge is -2.32. The van der Waals surface area contributed by atoms with Gasteiger partial charge in [0.2, 0.25) is 0 Å². The van der Waals surface area contributed by atoms with Crippen LogP contribution in [-0.2, 0) is 0 Å². The topological polar surface area (TPSA) is 49.6 Å². The normalized spacial score (nSPS) is 20.5. The van der Waals surface area contributed by atoms with Crippen molar-refractivity contribution in [1.29, 1.82) is 0 Å². The molecule has 24 heavy (non-hydrogen) atoms. The summed E-state index contributed by atoms with van der Waals surface area (Å²) in [6.45, 7) is 10.3. The molecule has 130 valence electrons. The van der Waals surface area contributed by atoms with Crippen LogP contribution in [0.2, 0.25) is 0 Å². The molecule has 0 spiro atoms. The summed E-state index contributed by atoms with van der Waals surface area (Å²) in [5, 5.41) is 13.7. The Kier molecular flexibility index (Phi) is 4.39. The van der Waals surface area contributed by atoms with E-state index in [1.807, 2.05) is 4.52 Å². The van der Waals surface area contributed by atoms with Crippen LogP contribution in [-0.4, -0.2) is 57.4 Å². The Morgan fingerprint density at radius 1 is 1.04 bits per heavy atom. The maximum absolute atomic E-state index is 4.86. The Hall–Kier alpha value is -1.69. The largest absolute Gasteiger partial charge is 0.355 e. The average Bonchev–Trinajstić information content (AvgIpc) is 3.24. The highest BCUT2D eigenvalue weighted by Crippen LogP contribution is 2.28. The van der Waals surface area contributed by atoms with Gasteiger partial charge in [0.1, 0.15) is 5.82 Å². The number of fused-ring (bicyclic) bond motifs is 1. The minimum Gasteiger partial charge on any atom is -0.355 e. The Bertz CT molecular complexity index is 680. The van der Waals surface area contributed by atoms with Crippen LogP contribution in [0.4, 0.5) is 5.82 Å². The number of anilines is 1. The monoisotopic (exact) mass is 328 g/mol. The number of aromatic nitrogens is 4. The van der Waals surface area contributed by atoms with Crippen molar-refractivity contribution in [1.82, 2.24) is 24.7 Å². The first-order chi connectivity index (χ1) is 11.7. The minimum absolute atomic E-state index is 0.477. The molecular weight excluding hydrogens is 300 g/mol. The van der Waals surface area contributed by atoms with Crippen molar-refractivity contribution in [3.63, 3.8) is 0 Å². The van der Waals surface area contributed by atoms with Gasteiger partial charge in [-0.25, -0.2) is 0 Å². The summed E-state index contributed by atoms with van der Waals surface area (Å²) in [5.41, 5.74) is 0.873. The summed E-state index contributed by atoms with van der Waals surface area (Å²) in [5.74, 6) is 3.33. The third-order valence-corrected chi connectivity index (χ3v) is 5.28. The van der Waals surface area contributed by atoms with E-state index in [2.05, 4.69) is 46.0 Å². The lowest BCUT2D eigenvalue weighted by Crippen LogP contribution is -2.36. The van der Waals surface area contributed by atoms with E-state index in [0.29, 0.717) is 5.92 Å². The van der Waals surface area contributed by atoms with Gasteiger partial charge >= 0.3 is 0 Å². The van der Waals surface area contributed by atoms with Crippen LogP contribution in [0.3, 0.4) is 0 Å². The molecule has 6 heteroatoms. The predicted molar refractivity (Wildman–Crippen MR) is 95.5 cm³/mol. The highest BCUT2D eigenvalue weighted by molar-refractivity contribution is 5.46. The number of nitrogens with zero attached hydrogens (tertiary/aromatic N) is 6. The number of hydrogen-bond donors (Lipinski definition) is 0. The zero-order chi connectivity index (χ0) is 16.5. The minimum atomic E-state index is 0.477. The molecule has 0 atom stereocenters. The highest BCUT2D eigenvalue weighted by atomic mass is 15.4. The molecule has 0 N–H and O–H groups in total. The number of hydrogen-bond acceptors (Lipinski definition) is 5. The van der Waals surface area contributed by atoms with Gasteiger partial charge in [-0.1, -0.05) is 13.8 Å². The van der Waals surface area contributed by atoms with Crippen LogP contribution in [0.15, 0.2) is 12.1 Å². The maximum Gasteiger partial charge on any atom is 0.178 e. The SMILES string of the molecule is CC(C)CN1CCC(c2nnc3ccc(N4CCCC4)nn23)CC1. The molecule has 2 fully saturated rings. The van der Waals surface area contributed by atoms with Crippen molar-refractivity contribution in [3.05, 3.63) is 18.0 Å². The first-order valence-corrected chi connectivity index (χ1v) is 9.40. The number of piperidine rings is 1. The van der Waals surface area contributed by atoms with Crippen molar-refractivity contribution < 1.29 is 0 Å². The van der Waals surface area contributed by atoms with Gasteiger partial charge in [-0.3, -0.25) is 0 Å².